The average Bonchev–Trinajstić information content (AvgIpc) is 2.71. The van der Waals surface area contributed by atoms with Gasteiger partial charge in [0.2, 0.25) is 0 Å². The Bertz CT molecular complexity index is 585. The smallest absolute Gasteiger partial charge is 0.258 e. The number of halogens is 1. The number of thiophene rings is 1. The van der Waals surface area contributed by atoms with Crippen molar-refractivity contribution in [1.82, 2.24) is 4.72 Å². The molecule has 1 heterocycles. The summed E-state index contributed by atoms with van der Waals surface area (Å²) < 4.78 is 26.5. The normalized spacial score (nSPS) is 15.0. The molecule has 0 aliphatic carbocycles. The molecule has 0 saturated heterocycles. The van der Waals surface area contributed by atoms with Gasteiger partial charge in [0.15, 0.2) is 4.34 Å². The van der Waals surface area contributed by atoms with E-state index in [1.807, 2.05) is 13.8 Å². The SMILES string of the molecule is CCC(C)CC(C)NS(=O)(=O)c1cc([N+](=O)[O-])c(Cl)s1. The summed E-state index contributed by atoms with van der Waals surface area (Å²) in [6.07, 6.45) is 1.67. The number of hydrogen-bond acceptors (Lipinski definition) is 5. The van der Waals surface area contributed by atoms with E-state index in [0.717, 1.165) is 12.5 Å². The maximum atomic E-state index is 12.1. The van der Waals surface area contributed by atoms with Crippen molar-refractivity contribution < 1.29 is 13.3 Å². The summed E-state index contributed by atoms with van der Waals surface area (Å²) in [6, 6.07) is 0.751. The molecule has 0 fully saturated rings. The van der Waals surface area contributed by atoms with E-state index in [0.29, 0.717) is 23.7 Å². The Morgan fingerprint density at radius 1 is 1.50 bits per heavy atom. The van der Waals surface area contributed by atoms with Crippen LogP contribution in [0.2, 0.25) is 4.34 Å². The first-order valence-corrected chi connectivity index (χ1v) is 8.81. The first-order valence-electron chi connectivity index (χ1n) is 6.13. The van der Waals surface area contributed by atoms with Crippen LogP contribution in [0.3, 0.4) is 0 Å². The number of nitro groups is 1. The van der Waals surface area contributed by atoms with Crippen molar-refractivity contribution >= 4 is 38.6 Å². The zero-order valence-electron chi connectivity index (χ0n) is 11.4. The molecular weight excluding hydrogens is 324 g/mol. The van der Waals surface area contributed by atoms with Crippen LogP contribution in [0.25, 0.3) is 0 Å². The second-order valence-electron chi connectivity index (χ2n) is 4.75. The van der Waals surface area contributed by atoms with Crippen LogP contribution in [0.1, 0.15) is 33.6 Å². The quantitative estimate of drug-likeness (QED) is 0.608. The predicted octanol–water partition coefficient (Wildman–Crippen LogP) is 3.41. The van der Waals surface area contributed by atoms with Crippen molar-refractivity contribution in [1.29, 1.82) is 0 Å². The van der Waals surface area contributed by atoms with Gasteiger partial charge in [0.1, 0.15) is 4.21 Å². The highest BCUT2D eigenvalue weighted by Crippen LogP contribution is 2.36. The zero-order chi connectivity index (χ0) is 15.5. The number of nitrogens with one attached hydrogen (secondary N) is 1. The third kappa shape index (κ3) is 4.41. The Labute approximate surface area is 127 Å². The highest BCUT2D eigenvalue weighted by atomic mass is 35.5. The molecule has 2 atom stereocenters. The predicted molar refractivity (Wildman–Crippen MR) is 79.8 cm³/mol. The van der Waals surface area contributed by atoms with Gasteiger partial charge < -0.3 is 0 Å². The molecule has 0 bridgehead atoms. The van der Waals surface area contributed by atoms with E-state index in [4.69, 9.17) is 11.6 Å². The van der Waals surface area contributed by atoms with Crippen LogP contribution in [-0.4, -0.2) is 19.4 Å². The summed E-state index contributed by atoms with van der Waals surface area (Å²) in [6.45, 7) is 5.85. The molecule has 0 spiro atoms. The molecule has 20 heavy (non-hydrogen) atoms. The van der Waals surface area contributed by atoms with Gasteiger partial charge >= 0.3 is 0 Å². The van der Waals surface area contributed by atoms with E-state index in [1.54, 1.807) is 6.92 Å². The van der Waals surface area contributed by atoms with Crippen molar-refractivity contribution in [2.24, 2.45) is 5.92 Å². The van der Waals surface area contributed by atoms with Crippen LogP contribution in [0.5, 0.6) is 0 Å². The minimum Gasteiger partial charge on any atom is -0.258 e. The maximum absolute atomic E-state index is 12.1. The van der Waals surface area contributed by atoms with Gasteiger partial charge in [-0.3, -0.25) is 10.1 Å². The molecule has 1 aromatic rings. The topological polar surface area (TPSA) is 89.3 Å². The molecular formula is C11H17ClN2O4S2. The van der Waals surface area contributed by atoms with Crippen molar-refractivity contribution in [3.05, 3.63) is 20.5 Å². The van der Waals surface area contributed by atoms with Gasteiger partial charge in [-0.05, 0) is 19.3 Å². The van der Waals surface area contributed by atoms with Crippen molar-refractivity contribution in [3.63, 3.8) is 0 Å². The highest BCUT2D eigenvalue weighted by molar-refractivity contribution is 7.91. The Hall–Kier alpha value is -0.700. The van der Waals surface area contributed by atoms with Crippen LogP contribution in [-0.2, 0) is 10.0 Å². The number of rotatable bonds is 7. The summed E-state index contributed by atoms with van der Waals surface area (Å²) in [7, 11) is -3.77. The number of sulfonamides is 1. The fraction of sp³-hybridized carbons (Fsp3) is 0.636. The molecule has 1 aromatic heterocycles. The van der Waals surface area contributed by atoms with Gasteiger partial charge in [-0.1, -0.05) is 31.9 Å². The average molecular weight is 341 g/mol. The molecule has 0 aliphatic rings. The molecule has 0 aromatic carbocycles. The van der Waals surface area contributed by atoms with Gasteiger partial charge in [-0.2, -0.15) is 0 Å². The lowest BCUT2D eigenvalue weighted by molar-refractivity contribution is -0.384. The van der Waals surface area contributed by atoms with E-state index in [1.165, 1.54) is 0 Å². The second-order valence-corrected chi connectivity index (χ2v) is 8.35. The van der Waals surface area contributed by atoms with Gasteiger partial charge in [-0.15, -0.1) is 11.3 Å². The fourth-order valence-corrected chi connectivity index (χ4v) is 4.67. The molecule has 0 radical (unpaired) electrons. The lowest BCUT2D eigenvalue weighted by Gasteiger charge is -2.16. The molecule has 114 valence electrons. The molecule has 6 nitrogen and oxygen atoms in total. The minimum atomic E-state index is -3.77. The van der Waals surface area contributed by atoms with Gasteiger partial charge in [0, 0.05) is 12.1 Å². The van der Waals surface area contributed by atoms with Crippen molar-refractivity contribution in [2.45, 2.75) is 43.9 Å². The highest BCUT2D eigenvalue weighted by Gasteiger charge is 2.26. The van der Waals surface area contributed by atoms with E-state index < -0.39 is 14.9 Å². The third-order valence-corrected chi connectivity index (χ3v) is 6.32. The first kappa shape index (κ1) is 17.4. The summed E-state index contributed by atoms with van der Waals surface area (Å²) in [5, 5.41) is 10.7. The summed E-state index contributed by atoms with van der Waals surface area (Å²) >= 11 is 6.36. The Morgan fingerprint density at radius 3 is 2.55 bits per heavy atom. The summed E-state index contributed by atoms with van der Waals surface area (Å²) in [5.74, 6) is 0.397. The zero-order valence-corrected chi connectivity index (χ0v) is 13.8. The Balaban J connectivity index is 2.89. The van der Waals surface area contributed by atoms with E-state index in [9.17, 15) is 18.5 Å². The molecule has 1 rings (SSSR count). The molecule has 0 aliphatic heterocycles. The van der Waals surface area contributed by atoms with E-state index in [-0.39, 0.29) is 20.3 Å². The van der Waals surface area contributed by atoms with Crippen molar-refractivity contribution in [3.8, 4) is 0 Å². The summed E-state index contributed by atoms with van der Waals surface area (Å²) in [5.41, 5.74) is -0.383. The van der Waals surface area contributed by atoms with Crippen LogP contribution in [0.4, 0.5) is 5.69 Å². The second kappa shape index (κ2) is 6.84. The Morgan fingerprint density at radius 2 is 2.10 bits per heavy atom. The van der Waals surface area contributed by atoms with Crippen LogP contribution in [0, 0.1) is 16.0 Å². The summed E-state index contributed by atoms with van der Waals surface area (Å²) in [4.78, 5) is 9.99. The molecule has 0 saturated carbocycles. The maximum Gasteiger partial charge on any atom is 0.300 e. The van der Waals surface area contributed by atoms with Crippen LogP contribution in [0.15, 0.2) is 10.3 Å². The van der Waals surface area contributed by atoms with E-state index >= 15 is 0 Å². The third-order valence-electron chi connectivity index (χ3n) is 2.92. The number of nitrogens with zero attached hydrogens (tertiary/aromatic N) is 1. The van der Waals surface area contributed by atoms with Crippen LogP contribution >= 0.6 is 22.9 Å². The lowest BCUT2D eigenvalue weighted by atomic mass is 10.0. The van der Waals surface area contributed by atoms with Gasteiger partial charge in [0.25, 0.3) is 15.7 Å². The largest absolute Gasteiger partial charge is 0.300 e. The lowest BCUT2D eigenvalue weighted by Crippen LogP contribution is -2.33. The monoisotopic (exact) mass is 340 g/mol. The molecule has 2 unspecified atom stereocenters. The van der Waals surface area contributed by atoms with Gasteiger partial charge in [-0.25, -0.2) is 13.1 Å². The molecule has 0 amide bonds. The standard InChI is InChI=1S/C11H17ClN2O4S2/c1-4-7(2)5-8(3)13-20(17,18)10-6-9(14(15)16)11(12)19-10/h6-8,13H,4-5H2,1-3H3. The fourth-order valence-electron chi connectivity index (χ4n) is 1.74. The molecule has 1 N–H and O–H groups in total. The number of hydrogen-bond donors (Lipinski definition) is 1. The minimum absolute atomic E-state index is 0.134. The van der Waals surface area contributed by atoms with Crippen LogP contribution < -0.4 is 4.72 Å². The first-order chi connectivity index (χ1) is 9.17. The van der Waals surface area contributed by atoms with Gasteiger partial charge in [0.05, 0.1) is 4.92 Å². The van der Waals surface area contributed by atoms with Crippen molar-refractivity contribution in [2.75, 3.05) is 0 Å². The Kier molecular flexibility index (Phi) is 5.93. The molecule has 9 heteroatoms. The van der Waals surface area contributed by atoms with E-state index in [2.05, 4.69) is 4.72 Å².